The second-order valence-corrected chi connectivity index (χ2v) is 14.3. The Morgan fingerprint density at radius 3 is 2.45 bits per heavy atom. The molecule has 3 heterocycles. The average molecular weight is 600 g/mol. The molecule has 0 aromatic rings. The van der Waals surface area contributed by atoms with E-state index in [0.29, 0.717) is 19.4 Å². The number of esters is 1. The molecule has 3 rings (SSSR count). The molecule has 3 aliphatic heterocycles. The van der Waals surface area contributed by atoms with Gasteiger partial charge in [-0.25, -0.2) is 0 Å². The summed E-state index contributed by atoms with van der Waals surface area (Å²) in [5.41, 5.74) is -1.80. The molecule has 216 valence electrons. The van der Waals surface area contributed by atoms with Gasteiger partial charge in [-0.2, -0.15) is 0 Å². The highest BCUT2D eigenvalue weighted by Crippen LogP contribution is 2.61. The van der Waals surface area contributed by atoms with Crippen molar-refractivity contribution in [2.45, 2.75) is 109 Å². The van der Waals surface area contributed by atoms with Crippen LogP contribution in [0.3, 0.4) is 0 Å². The summed E-state index contributed by atoms with van der Waals surface area (Å²) < 4.78 is 12.0. The first kappa shape index (κ1) is 31.1. The van der Waals surface area contributed by atoms with Crippen LogP contribution < -0.4 is 0 Å². The molecule has 8 nitrogen and oxygen atoms in total. The minimum absolute atomic E-state index is 0.0577. The monoisotopic (exact) mass is 598 g/mol. The first-order valence-electron chi connectivity index (χ1n) is 14.0. The lowest BCUT2D eigenvalue weighted by Gasteiger charge is -2.47. The van der Waals surface area contributed by atoms with Crippen molar-refractivity contribution in [3.05, 3.63) is 12.7 Å². The maximum atomic E-state index is 14.8. The summed E-state index contributed by atoms with van der Waals surface area (Å²) in [6.07, 6.45) is 3.00. The molecule has 0 saturated carbocycles. The highest BCUT2D eigenvalue weighted by molar-refractivity contribution is 9.09. The molecule has 9 heteroatoms. The number of carbonyl (C=O) groups excluding carboxylic acids is 3. The topological polar surface area (TPSA) is 96.4 Å². The molecule has 2 amide bonds. The van der Waals surface area contributed by atoms with Gasteiger partial charge in [-0.1, -0.05) is 63.0 Å². The van der Waals surface area contributed by atoms with Crippen molar-refractivity contribution in [1.82, 2.24) is 9.80 Å². The first-order valence-corrected chi connectivity index (χ1v) is 14.9. The van der Waals surface area contributed by atoms with Gasteiger partial charge in [-0.05, 0) is 44.9 Å². The zero-order chi connectivity index (χ0) is 28.8. The number of fused-ring (bicyclic) bond motifs is 1. The van der Waals surface area contributed by atoms with Crippen LogP contribution in [-0.4, -0.2) is 86.6 Å². The van der Waals surface area contributed by atoms with Gasteiger partial charge in [0.2, 0.25) is 11.8 Å². The highest BCUT2D eigenvalue weighted by atomic mass is 79.9. The number of ether oxygens (including phenoxy) is 2. The van der Waals surface area contributed by atoms with Crippen LogP contribution in [0.4, 0.5) is 0 Å². The molecule has 38 heavy (non-hydrogen) atoms. The van der Waals surface area contributed by atoms with Crippen molar-refractivity contribution in [2.75, 3.05) is 19.8 Å². The lowest BCUT2D eigenvalue weighted by molar-refractivity contribution is -0.158. The van der Waals surface area contributed by atoms with Gasteiger partial charge in [0, 0.05) is 16.9 Å². The number of aliphatic hydroxyl groups excluding tert-OH is 1. The van der Waals surface area contributed by atoms with Gasteiger partial charge >= 0.3 is 5.97 Å². The smallest absolute Gasteiger partial charge is 0.312 e. The van der Waals surface area contributed by atoms with Gasteiger partial charge in [-0.15, -0.1) is 6.58 Å². The summed E-state index contributed by atoms with van der Waals surface area (Å²) in [5, 5.41) is 10.5. The molecule has 8 atom stereocenters. The van der Waals surface area contributed by atoms with Gasteiger partial charge in [0.25, 0.3) is 0 Å². The predicted octanol–water partition coefficient (Wildman–Crippen LogP) is 3.93. The minimum Gasteiger partial charge on any atom is -0.466 e. The van der Waals surface area contributed by atoms with E-state index in [1.54, 1.807) is 22.8 Å². The summed E-state index contributed by atoms with van der Waals surface area (Å²) in [7, 11) is 0. The fraction of sp³-hybridized carbons (Fsp3) is 0.828. The average Bonchev–Trinajstić information content (AvgIpc) is 3.39. The molecule has 2 bridgehead atoms. The summed E-state index contributed by atoms with van der Waals surface area (Å²) in [6.45, 7) is 20.3. The van der Waals surface area contributed by atoms with Crippen molar-refractivity contribution >= 4 is 33.7 Å². The SMILES string of the molecule is C=CCN(C(=O)C1N([C@@H](CO)[C@@H](C)CC)C(=O)[C@@H]2[C@H](C(=O)OCC)[C@H]3OC12CC3Br)C(C)(C)CC(C)(C)C. The van der Waals surface area contributed by atoms with Crippen LogP contribution in [0.15, 0.2) is 12.7 Å². The molecule has 3 aliphatic rings. The molecule has 0 aliphatic carbocycles. The molecule has 0 radical (unpaired) electrons. The number of halogens is 1. The Morgan fingerprint density at radius 2 is 1.95 bits per heavy atom. The zero-order valence-electron chi connectivity index (χ0n) is 24.3. The van der Waals surface area contributed by atoms with Gasteiger partial charge in [-0.3, -0.25) is 14.4 Å². The standard InChI is InChI=1S/C29H47BrN2O6/c1-10-13-31(28(8,9)16-27(5,6)7)25(35)23-29-14-18(30)22(38-29)20(26(36)37-12-3)21(29)24(34)32(23)19(15-33)17(4)11-2/h10,17-23,33H,1,11-16H2,2-9H3/t17-,18?,19-,20-,21-,22-,23?,29?/m0/s1. The van der Waals surface area contributed by atoms with Crippen LogP contribution in [0, 0.1) is 23.2 Å². The van der Waals surface area contributed by atoms with Crippen LogP contribution in [0.2, 0.25) is 0 Å². The number of hydrogen-bond donors (Lipinski definition) is 1. The Labute approximate surface area is 236 Å². The maximum absolute atomic E-state index is 14.8. The van der Waals surface area contributed by atoms with Crippen LogP contribution in [0.1, 0.15) is 74.7 Å². The third-order valence-electron chi connectivity index (χ3n) is 8.64. The summed E-state index contributed by atoms with van der Waals surface area (Å²) in [5.74, 6) is -2.74. The van der Waals surface area contributed by atoms with Crippen molar-refractivity contribution in [2.24, 2.45) is 23.2 Å². The van der Waals surface area contributed by atoms with Gasteiger partial charge < -0.3 is 24.4 Å². The number of amides is 2. The van der Waals surface area contributed by atoms with Crippen LogP contribution in [0.5, 0.6) is 0 Å². The second kappa shape index (κ2) is 11.2. The number of likely N-dealkylation sites (tertiary alicyclic amines) is 1. The van der Waals surface area contributed by atoms with Crippen LogP contribution >= 0.6 is 15.9 Å². The Hall–Kier alpha value is -1.45. The van der Waals surface area contributed by atoms with Crippen molar-refractivity contribution < 1.29 is 29.0 Å². The van der Waals surface area contributed by atoms with E-state index in [1.807, 2.05) is 27.7 Å². The Balaban J connectivity index is 2.19. The molecule has 3 unspecified atom stereocenters. The quantitative estimate of drug-likeness (QED) is 0.220. The first-order chi connectivity index (χ1) is 17.6. The van der Waals surface area contributed by atoms with E-state index in [4.69, 9.17) is 9.47 Å². The number of hydrogen-bond acceptors (Lipinski definition) is 6. The zero-order valence-corrected chi connectivity index (χ0v) is 25.9. The lowest BCUT2D eigenvalue weighted by atomic mass is 9.70. The number of nitrogens with zero attached hydrogens (tertiary/aromatic N) is 2. The van der Waals surface area contributed by atoms with Gasteiger partial charge in [0.15, 0.2) is 0 Å². The van der Waals surface area contributed by atoms with Crippen LogP contribution in [-0.2, 0) is 23.9 Å². The summed E-state index contributed by atoms with van der Waals surface area (Å²) >= 11 is 3.69. The molecule has 3 saturated heterocycles. The van der Waals surface area contributed by atoms with E-state index < -0.39 is 47.1 Å². The maximum Gasteiger partial charge on any atom is 0.312 e. The van der Waals surface area contributed by atoms with Crippen molar-refractivity contribution in [1.29, 1.82) is 0 Å². The van der Waals surface area contributed by atoms with E-state index in [2.05, 4.69) is 43.3 Å². The predicted molar refractivity (Wildman–Crippen MR) is 150 cm³/mol. The fourth-order valence-electron chi connectivity index (χ4n) is 7.33. The Bertz CT molecular complexity index is 933. The Kier molecular flexibility index (Phi) is 9.16. The largest absolute Gasteiger partial charge is 0.466 e. The molecule has 3 fully saturated rings. The van der Waals surface area contributed by atoms with E-state index >= 15 is 0 Å². The summed E-state index contributed by atoms with van der Waals surface area (Å²) in [4.78, 5) is 45.4. The third-order valence-corrected chi connectivity index (χ3v) is 9.48. The normalized spacial score (nSPS) is 32.2. The van der Waals surface area contributed by atoms with E-state index in [0.717, 1.165) is 6.42 Å². The number of rotatable bonds is 11. The van der Waals surface area contributed by atoms with E-state index in [9.17, 15) is 19.5 Å². The van der Waals surface area contributed by atoms with Crippen molar-refractivity contribution in [3.8, 4) is 0 Å². The molecular formula is C29H47BrN2O6. The van der Waals surface area contributed by atoms with Crippen LogP contribution in [0.25, 0.3) is 0 Å². The molecule has 0 aromatic carbocycles. The Morgan fingerprint density at radius 1 is 1.32 bits per heavy atom. The molecular weight excluding hydrogens is 552 g/mol. The highest BCUT2D eigenvalue weighted by Gasteiger charge is 2.78. The minimum atomic E-state index is -1.19. The fourth-order valence-corrected chi connectivity index (χ4v) is 8.27. The van der Waals surface area contributed by atoms with E-state index in [1.165, 1.54) is 0 Å². The van der Waals surface area contributed by atoms with Gasteiger partial charge in [0.1, 0.15) is 11.6 Å². The second-order valence-electron chi connectivity index (χ2n) is 13.1. The number of aliphatic hydroxyl groups is 1. The number of carbonyl (C=O) groups is 3. The van der Waals surface area contributed by atoms with Gasteiger partial charge in [0.05, 0.1) is 37.2 Å². The van der Waals surface area contributed by atoms with Crippen molar-refractivity contribution in [3.63, 3.8) is 0 Å². The molecule has 1 N–H and O–H groups in total. The lowest BCUT2D eigenvalue weighted by Crippen LogP contribution is -2.63. The molecule has 1 spiro atoms. The third kappa shape index (κ3) is 5.19. The summed E-state index contributed by atoms with van der Waals surface area (Å²) in [6, 6.07) is -1.56. The molecule has 0 aromatic heterocycles. The number of alkyl halides is 1. The van der Waals surface area contributed by atoms with E-state index in [-0.39, 0.29) is 41.2 Å².